The van der Waals surface area contributed by atoms with E-state index in [1.54, 1.807) is 4.68 Å². The Morgan fingerprint density at radius 3 is 3.19 bits per heavy atom. The summed E-state index contributed by atoms with van der Waals surface area (Å²) < 4.78 is 1.66. The van der Waals surface area contributed by atoms with Crippen molar-refractivity contribution in [2.75, 3.05) is 6.61 Å². The van der Waals surface area contributed by atoms with Crippen molar-refractivity contribution >= 4 is 0 Å². The summed E-state index contributed by atoms with van der Waals surface area (Å²) in [7, 11) is 0. The maximum Gasteiger partial charge on any atom is 0.0964 e. The van der Waals surface area contributed by atoms with Crippen molar-refractivity contribution in [1.82, 2.24) is 20.3 Å². The molecule has 1 aliphatic carbocycles. The molecule has 5 nitrogen and oxygen atoms in total. The predicted molar refractivity (Wildman–Crippen MR) is 60.7 cm³/mol. The molecular weight excluding hydrogens is 204 g/mol. The van der Waals surface area contributed by atoms with Crippen molar-refractivity contribution in [3.63, 3.8) is 0 Å². The van der Waals surface area contributed by atoms with Crippen LogP contribution in [0.1, 0.15) is 25.0 Å². The lowest BCUT2D eigenvalue weighted by Crippen LogP contribution is -2.29. The number of aliphatic hydroxyl groups is 1. The van der Waals surface area contributed by atoms with Crippen LogP contribution in [-0.2, 0) is 13.1 Å². The van der Waals surface area contributed by atoms with Gasteiger partial charge in [-0.25, -0.2) is 4.68 Å². The van der Waals surface area contributed by atoms with E-state index in [1.165, 1.54) is 6.42 Å². The van der Waals surface area contributed by atoms with Crippen LogP contribution >= 0.6 is 0 Å². The van der Waals surface area contributed by atoms with Gasteiger partial charge in [0, 0.05) is 18.8 Å². The predicted octanol–water partition coefficient (Wildman–Crippen LogP) is 0.469. The van der Waals surface area contributed by atoms with Crippen LogP contribution in [0.2, 0.25) is 0 Å². The number of nitrogens with zero attached hydrogens (tertiary/aromatic N) is 3. The van der Waals surface area contributed by atoms with Crippen molar-refractivity contribution < 1.29 is 5.11 Å². The van der Waals surface area contributed by atoms with Gasteiger partial charge in [-0.1, -0.05) is 17.4 Å². The SMILES string of the molecule is OCCn1cc(CNC2CC=CCC2)nn1. The van der Waals surface area contributed by atoms with E-state index < -0.39 is 0 Å². The molecule has 1 aliphatic rings. The highest BCUT2D eigenvalue weighted by molar-refractivity contribution is 4.96. The quantitative estimate of drug-likeness (QED) is 0.711. The van der Waals surface area contributed by atoms with E-state index in [1.807, 2.05) is 6.20 Å². The van der Waals surface area contributed by atoms with Crippen LogP contribution in [0.5, 0.6) is 0 Å². The van der Waals surface area contributed by atoms with Crippen molar-refractivity contribution in [2.24, 2.45) is 0 Å². The molecule has 2 N–H and O–H groups in total. The van der Waals surface area contributed by atoms with Gasteiger partial charge >= 0.3 is 0 Å². The van der Waals surface area contributed by atoms with Crippen LogP contribution in [0.25, 0.3) is 0 Å². The summed E-state index contributed by atoms with van der Waals surface area (Å²) in [6.07, 6.45) is 9.79. The van der Waals surface area contributed by atoms with Gasteiger partial charge in [-0.2, -0.15) is 0 Å². The Morgan fingerprint density at radius 2 is 2.44 bits per heavy atom. The smallest absolute Gasteiger partial charge is 0.0964 e. The van der Waals surface area contributed by atoms with Crippen molar-refractivity contribution in [3.05, 3.63) is 24.0 Å². The number of allylic oxidation sites excluding steroid dienone is 1. The normalized spacial score (nSPS) is 20.2. The highest BCUT2D eigenvalue weighted by Crippen LogP contribution is 2.10. The van der Waals surface area contributed by atoms with Crippen molar-refractivity contribution in [1.29, 1.82) is 0 Å². The van der Waals surface area contributed by atoms with Crippen LogP contribution < -0.4 is 5.32 Å². The van der Waals surface area contributed by atoms with Crippen LogP contribution in [0.3, 0.4) is 0 Å². The highest BCUT2D eigenvalue weighted by Gasteiger charge is 2.09. The molecule has 1 aromatic heterocycles. The minimum atomic E-state index is 0.101. The third-order valence-corrected chi connectivity index (χ3v) is 2.76. The molecule has 1 unspecified atom stereocenters. The molecule has 1 aromatic rings. The lowest BCUT2D eigenvalue weighted by atomic mass is 10.0. The van der Waals surface area contributed by atoms with E-state index in [9.17, 15) is 0 Å². The summed E-state index contributed by atoms with van der Waals surface area (Å²) in [5.41, 5.74) is 0.933. The van der Waals surface area contributed by atoms with Crippen LogP contribution in [0, 0.1) is 0 Å². The first-order valence-corrected chi connectivity index (χ1v) is 5.77. The molecule has 2 rings (SSSR count). The summed E-state index contributed by atoms with van der Waals surface area (Å²) >= 11 is 0. The standard InChI is InChI=1S/C11H18N4O/c16-7-6-15-9-11(13-14-15)8-12-10-4-2-1-3-5-10/h1-2,9-10,12,16H,3-8H2. The Kier molecular flexibility index (Phi) is 4.07. The number of nitrogens with one attached hydrogen (secondary N) is 1. The molecule has 0 aliphatic heterocycles. The van der Waals surface area contributed by atoms with Gasteiger partial charge in [0.05, 0.1) is 18.8 Å². The van der Waals surface area contributed by atoms with E-state index >= 15 is 0 Å². The molecule has 0 spiro atoms. The summed E-state index contributed by atoms with van der Waals surface area (Å²) in [4.78, 5) is 0. The molecule has 0 aromatic carbocycles. The molecule has 0 amide bonds. The Bertz CT molecular complexity index is 348. The molecule has 1 heterocycles. The van der Waals surface area contributed by atoms with Gasteiger partial charge in [-0.3, -0.25) is 0 Å². The van der Waals surface area contributed by atoms with E-state index in [0.29, 0.717) is 12.6 Å². The number of aromatic nitrogens is 3. The zero-order chi connectivity index (χ0) is 11.2. The minimum absolute atomic E-state index is 0.101. The second-order valence-electron chi connectivity index (χ2n) is 4.06. The Labute approximate surface area is 95.2 Å². The molecule has 5 heteroatoms. The number of hydrogen-bond acceptors (Lipinski definition) is 4. The summed E-state index contributed by atoms with van der Waals surface area (Å²) in [5, 5.41) is 20.2. The van der Waals surface area contributed by atoms with Crippen LogP contribution in [0.15, 0.2) is 18.3 Å². The van der Waals surface area contributed by atoms with Gasteiger partial charge in [-0.15, -0.1) is 5.10 Å². The number of hydrogen-bond donors (Lipinski definition) is 2. The number of rotatable bonds is 5. The van der Waals surface area contributed by atoms with E-state index in [0.717, 1.165) is 25.1 Å². The fourth-order valence-electron chi connectivity index (χ4n) is 1.86. The Morgan fingerprint density at radius 1 is 1.50 bits per heavy atom. The molecule has 0 saturated carbocycles. The molecule has 0 radical (unpaired) electrons. The monoisotopic (exact) mass is 222 g/mol. The Hall–Kier alpha value is -1.20. The van der Waals surface area contributed by atoms with Crippen LogP contribution in [-0.4, -0.2) is 32.7 Å². The first-order chi connectivity index (χ1) is 7.88. The minimum Gasteiger partial charge on any atom is -0.394 e. The first kappa shape index (κ1) is 11.3. The lowest BCUT2D eigenvalue weighted by Gasteiger charge is -2.18. The largest absolute Gasteiger partial charge is 0.394 e. The fourth-order valence-corrected chi connectivity index (χ4v) is 1.86. The van der Waals surface area contributed by atoms with Gasteiger partial charge in [-0.05, 0) is 19.3 Å². The fraction of sp³-hybridized carbons (Fsp3) is 0.636. The van der Waals surface area contributed by atoms with Gasteiger partial charge in [0.2, 0.25) is 0 Å². The van der Waals surface area contributed by atoms with Gasteiger partial charge in [0.25, 0.3) is 0 Å². The van der Waals surface area contributed by atoms with Crippen molar-refractivity contribution in [2.45, 2.75) is 38.4 Å². The summed E-state index contributed by atoms with van der Waals surface area (Å²) in [5.74, 6) is 0. The summed E-state index contributed by atoms with van der Waals surface area (Å²) in [6, 6.07) is 0.563. The van der Waals surface area contributed by atoms with E-state index in [4.69, 9.17) is 5.11 Å². The van der Waals surface area contributed by atoms with E-state index in [2.05, 4.69) is 27.8 Å². The molecular formula is C11H18N4O. The molecule has 88 valence electrons. The zero-order valence-electron chi connectivity index (χ0n) is 9.34. The van der Waals surface area contributed by atoms with E-state index in [-0.39, 0.29) is 6.61 Å². The highest BCUT2D eigenvalue weighted by atomic mass is 16.3. The molecule has 1 atom stereocenters. The molecule has 0 bridgehead atoms. The summed E-state index contributed by atoms with van der Waals surface area (Å²) in [6.45, 7) is 1.37. The van der Waals surface area contributed by atoms with Gasteiger partial charge in [0.1, 0.15) is 0 Å². The van der Waals surface area contributed by atoms with Gasteiger partial charge < -0.3 is 10.4 Å². The third-order valence-electron chi connectivity index (χ3n) is 2.76. The zero-order valence-corrected chi connectivity index (χ0v) is 9.34. The van der Waals surface area contributed by atoms with Crippen molar-refractivity contribution in [3.8, 4) is 0 Å². The second-order valence-corrected chi connectivity index (χ2v) is 4.06. The maximum atomic E-state index is 8.75. The average molecular weight is 222 g/mol. The average Bonchev–Trinajstić information content (AvgIpc) is 2.76. The molecule has 0 saturated heterocycles. The Balaban J connectivity index is 1.77. The second kappa shape index (κ2) is 5.77. The maximum absolute atomic E-state index is 8.75. The van der Waals surface area contributed by atoms with Gasteiger partial charge in [0.15, 0.2) is 0 Å². The third kappa shape index (κ3) is 3.15. The molecule has 16 heavy (non-hydrogen) atoms. The van der Waals surface area contributed by atoms with Crippen LogP contribution in [0.4, 0.5) is 0 Å². The lowest BCUT2D eigenvalue weighted by molar-refractivity contribution is 0.268. The first-order valence-electron chi connectivity index (χ1n) is 5.77. The molecule has 0 fully saturated rings. The topological polar surface area (TPSA) is 63.0 Å². The number of aliphatic hydroxyl groups excluding tert-OH is 1.